The van der Waals surface area contributed by atoms with Gasteiger partial charge >= 0.3 is 0 Å². The van der Waals surface area contributed by atoms with Crippen LogP contribution in [0.25, 0.3) is 0 Å². The number of alkyl halides is 1. The smallest absolute Gasteiger partial charge is 0.255 e. The molecule has 0 aromatic heterocycles. The number of benzene rings is 1. The fourth-order valence-electron chi connectivity index (χ4n) is 1.52. The summed E-state index contributed by atoms with van der Waals surface area (Å²) in [5.74, 6) is 0.357. The lowest BCUT2D eigenvalue weighted by atomic mass is 10.2. The maximum atomic E-state index is 12.3. The van der Waals surface area contributed by atoms with Gasteiger partial charge in [-0.3, -0.25) is 4.79 Å². The van der Waals surface area contributed by atoms with E-state index < -0.39 is 0 Å². The van der Waals surface area contributed by atoms with Crippen LogP contribution in [-0.2, 0) is 0 Å². The van der Waals surface area contributed by atoms with Crippen molar-refractivity contribution in [2.75, 3.05) is 19.0 Å². The van der Waals surface area contributed by atoms with E-state index in [1.165, 1.54) is 0 Å². The van der Waals surface area contributed by atoms with Crippen LogP contribution < -0.4 is 0 Å². The molecule has 0 aliphatic carbocycles. The highest BCUT2D eigenvalue weighted by Gasteiger charge is 2.17. The molecular formula is C12H14BrCl2NO. The fourth-order valence-corrected chi connectivity index (χ4v) is 2.28. The predicted octanol–water partition coefficient (Wildman–Crippen LogP) is 4.19. The Morgan fingerprint density at radius 3 is 2.71 bits per heavy atom. The number of rotatable bonds is 5. The first-order valence-corrected chi connectivity index (χ1v) is 7.11. The fraction of sp³-hybridized carbons (Fsp3) is 0.417. The van der Waals surface area contributed by atoms with E-state index in [9.17, 15) is 4.79 Å². The molecule has 1 rings (SSSR count). The molecule has 2 nitrogen and oxygen atoms in total. The Labute approximate surface area is 120 Å². The van der Waals surface area contributed by atoms with Gasteiger partial charge in [0.15, 0.2) is 0 Å². The van der Waals surface area contributed by atoms with Crippen LogP contribution in [0.15, 0.2) is 22.7 Å². The highest BCUT2D eigenvalue weighted by atomic mass is 79.9. The number of amides is 1. The Hall–Kier alpha value is -0.250. The minimum atomic E-state index is -0.0706. The minimum absolute atomic E-state index is 0.0706. The Morgan fingerprint density at radius 1 is 1.41 bits per heavy atom. The number of halogens is 3. The number of hydrogen-bond donors (Lipinski definition) is 0. The van der Waals surface area contributed by atoms with Gasteiger partial charge in [-0.1, -0.05) is 34.5 Å². The van der Waals surface area contributed by atoms with Crippen LogP contribution in [-0.4, -0.2) is 29.8 Å². The third kappa shape index (κ3) is 4.16. The second-order valence-corrected chi connectivity index (χ2v) is 5.31. The molecule has 0 spiro atoms. The summed E-state index contributed by atoms with van der Waals surface area (Å²) in [5.41, 5.74) is 0.514. The number of nitrogens with zero attached hydrogens (tertiary/aromatic N) is 1. The predicted molar refractivity (Wildman–Crippen MR) is 76.1 cm³/mol. The maximum absolute atomic E-state index is 12.3. The Balaban J connectivity index is 2.95. The van der Waals surface area contributed by atoms with Crippen molar-refractivity contribution in [3.8, 4) is 0 Å². The van der Waals surface area contributed by atoms with Crippen molar-refractivity contribution in [2.45, 2.75) is 13.3 Å². The highest BCUT2D eigenvalue weighted by Crippen LogP contribution is 2.22. The van der Waals surface area contributed by atoms with E-state index in [4.69, 9.17) is 23.2 Å². The Morgan fingerprint density at radius 2 is 2.12 bits per heavy atom. The van der Waals surface area contributed by atoms with Gasteiger partial charge in [0.25, 0.3) is 5.91 Å². The first-order valence-electron chi connectivity index (χ1n) is 5.40. The van der Waals surface area contributed by atoms with E-state index in [1.807, 2.05) is 13.0 Å². The molecule has 0 aliphatic heterocycles. The van der Waals surface area contributed by atoms with Crippen molar-refractivity contribution in [1.29, 1.82) is 0 Å². The third-order valence-electron chi connectivity index (χ3n) is 2.29. The molecule has 5 heteroatoms. The lowest BCUT2D eigenvalue weighted by Gasteiger charge is -2.21. The molecule has 0 aliphatic rings. The van der Waals surface area contributed by atoms with Gasteiger partial charge in [-0.25, -0.2) is 0 Å². The molecule has 0 unspecified atom stereocenters. The van der Waals surface area contributed by atoms with Crippen molar-refractivity contribution in [2.24, 2.45) is 0 Å². The van der Waals surface area contributed by atoms with Crippen molar-refractivity contribution in [3.63, 3.8) is 0 Å². The SMILES string of the molecule is CCCN(CCCl)C(=O)c1cc(Br)ccc1Cl. The highest BCUT2D eigenvalue weighted by molar-refractivity contribution is 9.10. The summed E-state index contributed by atoms with van der Waals surface area (Å²) in [6.45, 7) is 3.25. The molecule has 1 aromatic rings. The molecule has 1 aromatic carbocycles. The molecule has 0 atom stereocenters. The minimum Gasteiger partial charge on any atom is -0.337 e. The topological polar surface area (TPSA) is 20.3 Å². The monoisotopic (exact) mass is 337 g/mol. The molecular weight excluding hydrogens is 325 g/mol. The first kappa shape index (κ1) is 14.8. The molecule has 0 heterocycles. The van der Waals surface area contributed by atoms with Crippen LogP contribution in [0.5, 0.6) is 0 Å². The molecule has 94 valence electrons. The molecule has 0 fully saturated rings. The largest absolute Gasteiger partial charge is 0.337 e. The van der Waals surface area contributed by atoms with Crippen LogP contribution >= 0.6 is 39.1 Å². The maximum Gasteiger partial charge on any atom is 0.255 e. The van der Waals surface area contributed by atoms with Crippen molar-refractivity contribution < 1.29 is 4.79 Å². The lowest BCUT2D eigenvalue weighted by Crippen LogP contribution is -2.33. The average Bonchev–Trinajstić information content (AvgIpc) is 2.31. The summed E-state index contributed by atoms with van der Waals surface area (Å²) in [6, 6.07) is 5.26. The van der Waals surface area contributed by atoms with E-state index in [1.54, 1.807) is 17.0 Å². The molecule has 0 radical (unpaired) electrons. The van der Waals surface area contributed by atoms with Gasteiger partial charge in [0.2, 0.25) is 0 Å². The second-order valence-electron chi connectivity index (χ2n) is 3.61. The molecule has 0 N–H and O–H groups in total. The van der Waals surface area contributed by atoms with Crippen molar-refractivity contribution in [3.05, 3.63) is 33.3 Å². The second kappa shape index (κ2) is 7.24. The zero-order chi connectivity index (χ0) is 12.8. The van der Waals surface area contributed by atoms with E-state index in [0.717, 1.165) is 10.9 Å². The van der Waals surface area contributed by atoms with E-state index in [2.05, 4.69) is 15.9 Å². The van der Waals surface area contributed by atoms with Gasteiger partial charge in [-0.05, 0) is 24.6 Å². The summed E-state index contributed by atoms with van der Waals surface area (Å²) in [4.78, 5) is 14.0. The van der Waals surface area contributed by atoms with Crippen molar-refractivity contribution >= 4 is 45.0 Å². The zero-order valence-electron chi connectivity index (χ0n) is 9.55. The number of hydrogen-bond acceptors (Lipinski definition) is 1. The number of carbonyl (C=O) groups is 1. The molecule has 17 heavy (non-hydrogen) atoms. The molecule has 0 saturated heterocycles. The number of carbonyl (C=O) groups excluding carboxylic acids is 1. The van der Waals surface area contributed by atoms with E-state index in [-0.39, 0.29) is 5.91 Å². The van der Waals surface area contributed by atoms with Gasteiger partial charge in [0, 0.05) is 23.4 Å². The average molecular weight is 339 g/mol. The third-order valence-corrected chi connectivity index (χ3v) is 3.29. The van der Waals surface area contributed by atoms with Crippen LogP contribution in [0.1, 0.15) is 23.7 Å². The summed E-state index contributed by atoms with van der Waals surface area (Å²) < 4.78 is 0.840. The van der Waals surface area contributed by atoms with E-state index in [0.29, 0.717) is 29.6 Å². The normalized spacial score (nSPS) is 10.4. The zero-order valence-corrected chi connectivity index (χ0v) is 12.6. The summed E-state index contributed by atoms with van der Waals surface area (Å²) in [5, 5.41) is 0.467. The Kier molecular flexibility index (Phi) is 6.31. The molecule has 1 amide bonds. The van der Waals surface area contributed by atoms with Crippen LogP contribution in [0.4, 0.5) is 0 Å². The van der Waals surface area contributed by atoms with Gasteiger partial charge < -0.3 is 4.90 Å². The molecule has 0 saturated carbocycles. The van der Waals surface area contributed by atoms with E-state index >= 15 is 0 Å². The Bertz CT molecular complexity index is 392. The van der Waals surface area contributed by atoms with Crippen LogP contribution in [0.3, 0.4) is 0 Å². The first-order chi connectivity index (χ1) is 8.10. The van der Waals surface area contributed by atoms with Crippen LogP contribution in [0.2, 0.25) is 5.02 Å². The van der Waals surface area contributed by atoms with Gasteiger partial charge in [0.05, 0.1) is 10.6 Å². The van der Waals surface area contributed by atoms with Gasteiger partial charge in [-0.15, -0.1) is 11.6 Å². The van der Waals surface area contributed by atoms with Gasteiger partial charge in [-0.2, -0.15) is 0 Å². The summed E-state index contributed by atoms with van der Waals surface area (Å²) in [7, 11) is 0. The van der Waals surface area contributed by atoms with Crippen molar-refractivity contribution in [1.82, 2.24) is 4.90 Å². The molecule has 0 bridgehead atoms. The summed E-state index contributed by atoms with van der Waals surface area (Å²) in [6.07, 6.45) is 0.897. The van der Waals surface area contributed by atoms with Crippen LogP contribution in [0, 0.1) is 0 Å². The quantitative estimate of drug-likeness (QED) is 0.737. The standard InChI is InChI=1S/C12H14BrCl2NO/c1-2-6-16(7-5-14)12(17)10-8-9(13)3-4-11(10)15/h3-4,8H,2,5-7H2,1H3. The summed E-state index contributed by atoms with van der Waals surface area (Å²) >= 11 is 15.1. The van der Waals surface area contributed by atoms with Gasteiger partial charge in [0.1, 0.15) is 0 Å². The lowest BCUT2D eigenvalue weighted by molar-refractivity contribution is 0.0765.